The summed E-state index contributed by atoms with van der Waals surface area (Å²) in [6, 6.07) is 27.5. The number of carbonyl (C=O) groups is 4. The minimum atomic E-state index is -1.01. The summed E-state index contributed by atoms with van der Waals surface area (Å²) in [5.74, 6) is 0.679. The predicted octanol–water partition coefficient (Wildman–Crippen LogP) is 7.26. The Kier molecular flexibility index (Phi) is 12.4. The molecular weight excluding hydrogens is 837 g/mol. The summed E-state index contributed by atoms with van der Waals surface area (Å²) >= 11 is 0. The van der Waals surface area contributed by atoms with Gasteiger partial charge in [-0.2, -0.15) is 10.5 Å². The second kappa shape index (κ2) is 18.8. The highest BCUT2D eigenvalue weighted by Gasteiger charge is 2.38. The molecule has 4 amide bonds. The molecule has 4 heterocycles. The molecule has 2 aliphatic heterocycles. The van der Waals surface area contributed by atoms with E-state index in [0.717, 1.165) is 71.7 Å². The molecule has 6 aromatic rings. The second-order valence-corrected chi connectivity index (χ2v) is 17.2. The van der Waals surface area contributed by atoms with E-state index in [-0.39, 0.29) is 36.7 Å². The fourth-order valence-electron chi connectivity index (χ4n) is 9.81. The van der Waals surface area contributed by atoms with Crippen molar-refractivity contribution in [3.63, 3.8) is 0 Å². The molecule has 4 unspecified atom stereocenters. The standard InChI is InChI=1S/C50H50N10O6/c1-65-49(63)57-39(19-21-51)47(61)59-23-3-5-43(59)45-53-37-17-15-33(27-41(37)55-45)35-25-29-7-11-31(35)13-9-30-8-12-32(14-10-29)36(26-30)34-16-18-38-42(28-34)56-46(54-38)44-6-4-24-60(44)48(62)40(20-22-52)58-50(64)66-2/h7-8,11-12,15-18,25-28,39-40,43-44H,3-6,9-10,13-14,19-20,23-24H2,1-2H3,(H,53,55)(H,54,56)(H,57,63)(H,58,64). The Morgan fingerprint density at radius 1 is 0.652 bits per heavy atom. The number of hydrogen-bond donors (Lipinski definition) is 4. The van der Waals surface area contributed by atoms with Gasteiger partial charge < -0.3 is 39.9 Å². The van der Waals surface area contributed by atoms with E-state index < -0.39 is 24.3 Å². The van der Waals surface area contributed by atoms with Crippen LogP contribution in [-0.2, 0) is 44.7 Å². The van der Waals surface area contributed by atoms with Gasteiger partial charge in [0.2, 0.25) is 11.8 Å². The van der Waals surface area contributed by atoms with E-state index in [1.54, 1.807) is 9.80 Å². The number of amides is 4. The van der Waals surface area contributed by atoms with E-state index in [1.807, 2.05) is 24.3 Å². The summed E-state index contributed by atoms with van der Waals surface area (Å²) in [6.45, 7) is 0.988. The molecule has 336 valence electrons. The van der Waals surface area contributed by atoms with Crippen molar-refractivity contribution in [3.8, 4) is 34.4 Å². The van der Waals surface area contributed by atoms with Crippen LogP contribution in [0.25, 0.3) is 44.3 Å². The smallest absolute Gasteiger partial charge is 0.407 e. The van der Waals surface area contributed by atoms with Crippen molar-refractivity contribution in [2.45, 2.75) is 88.4 Å². The molecule has 16 heteroatoms. The molecule has 2 aromatic heterocycles. The highest BCUT2D eigenvalue weighted by Crippen LogP contribution is 2.37. The first-order chi connectivity index (χ1) is 32.1. The molecule has 6 aliphatic rings. The number of benzene rings is 4. The molecule has 0 spiro atoms. The zero-order chi connectivity index (χ0) is 45.9. The third kappa shape index (κ3) is 8.74. The lowest BCUT2D eigenvalue weighted by molar-refractivity contribution is -0.135. The fourth-order valence-corrected chi connectivity index (χ4v) is 9.81. The van der Waals surface area contributed by atoms with E-state index in [0.29, 0.717) is 37.6 Å². The van der Waals surface area contributed by atoms with E-state index in [4.69, 9.17) is 19.4 Å². The molecule has 4 bridgehead atoms. The van der Waals surface area contributed by atoms with Crippen molar-refractivity contribution in [1.82, 2.24) is 40.4 Å². The van der Waals surface area contributed by atoms with Gasteiger partial charge in [0.1, 0.15) is 23.7 Å². The van der Waals surface area contributed by atoms with Crippen LogP contribution in [0.2, 0.25) is 0 Å². The van der Waals surface area contributed by atoms with Crippen LogP contribution in [-0.4, -0.2) is 93.1 Å². The number of imidazole rings is 2. The van der Waals surface area contributed by atoms with Crippen molar-refractivity contribution >= 4 is 46.1 Å². The monoisotopic (exact) mass is 886 g/mol. The predicted molar refractivity (Wildman–Crippen MR) is 244 cm³/mol. The molecule has 4 aliphatic carbocycles. The molecule has 4 atom stereocenters. The van der Waals surface area contributed by atoms with E-state index in [1.165, 1.54) is 47.6 Å². The summed E-state index contributed by atoms with van der Waals surface area (Å²) < 4.78 is 9.40. The summed E-state index contributed by atoms with van der Waals surface area (Å²) in [6.07, 6.45) is 4.42. The van der Waals surface area contributed by atoms with Gasteiger partial charge >= 0.3 is 12.2 Å². The summed E-state index contributed by atoms with van der Waals surface area (Å²) in [5, 5.41) is 23.8. The van der Waals surface area contributed by atoms with Gasteiger partial charge in [-0.25, -0.2) is 19.6 Å². The Bertz CT molecular complexity index is 2750. The zero-order valence-electron chi connectivity index (χ0n) is 36.9. The Labute approximate surface area is 381 Å². The van der Waals surface area contributed by atoms with Crippen LogP contribution in [0.1, 0.15) is 84.5 Å². The molecule has 2 saturated heterocycles. The van der Waals surface area contributed by atoms with Crippen molar-refractivity contribution < 1.29 is 28.7 Å². The van der Waals surface area contributed by atoms with Crippen LogP contribution in [0.4, 0.5) is 9.59 Å². The van der Waals surface area contributed by atoms with E-state index in [2.05, 4.69) is 81.3 Å². The lowest BCUT2D eigenvalue weighted by Crippen LogP contribution is -2.48. The lowest BCUT2D eigenvalue weighted by Gasteiger charge is -2.27. The fraction of sp³-hybridized carbons (Fsp3) is 0.360. The highest BCUT2D eigenvalue weighted by atomic mass is 16.5. The number of carbonyl (C=O) groups excluding carboxylic acids is 4. The second-order valence-electron chi connectivity index (χ2n) is 17.2. The van der Waals surface area contributed by atoms with Gasteiger partial charge in [0.05, 0.1) is 73.4 Å². The van der Waals surface area contributed by atoms with Crippen LogP contribution in [0.5, 0.6) is 0 Å². The van der Waals surface area contributed by atoms with Crippen LogP contribution < -0.4 is 10.6 Å². The van der Waals surface area contributed by atoms with Crippen molar-refractivity contribution in [3.05, 3.63) is 107 Å². The number of aromatic nitrogens is 4. The first kappa shape index (κ1) is 43.5. The average Bonchev–Trinajstić information content (AvgIpc) is 4.17. The number of nitriles is 2. The van der Waals surface area contributed by atoms with Gasteiger partial charge in [-0.3, -0.25) is 9.59 Å². The number of ether oxygens (including phenoxy) is 2. The Balaban J connectivity index is 0.939. The van der Waals surface area contributed by atoms with Gasteiger partial charge in [-0.15, -0.1) is 0 Å². The number of rotatable bonds is 10. The molecular formula is C50H50N10O6. The maximum atomic E-state index is 13.6. The van der Waals surface area contributed by atoms with Crippen LogP contribution in [0.15, 0.2) is 72.8 Å². The van der Waals surface area contributed by atoms with Crippen LogP contribution in [0, 0.1) is 22.7 Å². The van der Waals surface area contributed by atoms with Gasteiger partial charge in [-0.05, 0) is 120 Å². The zero-order valence-corrected chi connectivity index (χ0v) is 36.9. The number of aryl methyl sites for hydroxylation is 4. The molecule has 12 rings (SSSR count). The van der Waals surface area contributed by atoms with Crippen molar-refractivity contribution in [2.75, 3.05) is 27.3 Å². The lowest BCUT2D eigenvalue weighted by atomic mass is 9.87. The third-order valence-electron chi connectivity index (χ3n) is 13.2. The van der Waals surface area contributed by atoms with Crippen molar-refractivity contribution in [1.29, 1.82) is 10.5 Å². The highest BCUT2D eigenvalue weighted by molar-refractivity contribution is 5.88. The maximum absolute atomic E-state index is 13.6. The minimum Gasteiger partial charge on any atom is -0.453 e. The summed E-state index contributed by atoms with van der Waals surface area (Å²) in [4.78, 5) is 71.4. The largest absolute Gasteiger partial charge is 0.453 e. The summed E-state index contributed by atoms with van der Waals surface area (Å²) in [7, 11) is 2.45. The Morgan fingerprint density at radius 2 is 1.09 bits per heavy atom. The molecule has 0 radical (unpaired) electrons. The average molecular weight is 887 g/mol. The van der Waals surface area contributed by atoms with Crippen molar-refractivity contribution in [2.24, 2.45) is 0 Å². The van der Waals surface area contributed by atoms with E-state index >= 15 is 0 Å². The number of hydrogen-bond acceptors (Lipinski definition) is 10. The first-order valence-corrected chi connectivity index (χ1v) is 22.4. The quantitative estimate of drug-likeness (QED) is 0.108. The molecule has 2 fully saturated rings. The molecule has 66 heavy (non-hydrogen) atoms. The number of fused-ring (bicyclic) bond motifs is 2. The number of nitrogens with one attached hydrogen (secondary N) is 4. The third-order valence-corrected chi connectivity index (χ3v) is 13.2. The summed E-state index contributed by atoms with van der Waals surface area (Å²) in [5.41, 5.74) is 12.8. The van der Waals surface area contributed by atoms with Gasteiger partial charge in [-0.1, -0.05) is 48.5 Å². The normalized spacial score (nSPS) is 17.7. The van der Waals surface area contributed by atoms with Crippen LogP contribution in [0.3, 0.4) is 0 Å². The molecule has 4 N–H and O–H groups in total. The first-order valence-electron chi connectivity index (χ1n) is 22.4. The minimum absolute atomic E-state index is 0.168. The van der Waals surface area contributed by atoms with E-state index in [9.17, 15) is 29.7 Å². The number of alkyl carbamates (subject to hydrolysis) is 2. The molecule has 4 aromatic carbocycles. The number of likely N-dealkylation sites (tertiary alicyclic amines) is 2. The molecule has 0 saturated carbocycles. The topological polar surface area (TPSA) is 222 Å². The van der Waals surface area contributed by atoms with Gasteiger partial charge in [0, 0.05) is 13.1 Å². The van der Waals surface area contributed by atoms with Crippen LogP contribution >= 0.6 is 0 Å². The SMILES string of the molecule is COC(=O)NC(CC#N)C(=O)N1CCCC1c1nc2ccc(-c3cc4ccc3CCc3ccc(c(-c5ccc6nc(C7CCCN7C(=O)C(CC#N)NC(=O)OC)[nH]c6c5)c3)CC4)cc2[nH]1. The number of aromatic amines is 2. The maximum Gasteiger partial charge on any atom is 0.407 e. The van der Waals surface area contributed by atoms with Gasteiger partial charge in [0.25, 0.3) is 0 Å². The Morgan fingerprint density at radius 3 is 1.50 bits per heavy atom. The number of methoxy groups -OCH3 is 2. The number of nitrogens with zero attached hydrogens (tertiary/aromatic N) is 6. The van der Waals surface area contributed by atoms with Gasteiger partial charge in [0.15, 0.2) is 0 Å². The molecule has 16 nitrogen and oxygen atoms in total. The Hall–Kier alpha value is -7.72. The number of H-pyrrole nitrogens is 2.